The van der Waals surface area contributed by atoms with E-state index in [1.807, 2.05) is 13.0 Å². The van der Waals surface area contributed by atoms with Gasteiger partial charge < -0.3 is 29.0 Å². The van der Waals surface area contributed by atoms with Crippen LogP contribution in [0.25, 0.3) is 22.4 Å². The van der Waals surface area contributed by atoms with E-state index in [0.29, 0.717) is 18.7 Å². The molecule has 0 spiro atoms. The van der Waals surface area contributed by atoms with Crippen molar-refractivity contribution in [3.63, 3.8) is 0 Å². The van der Waals surface area contributed by atoms with Gasteiger partial charge in [0.2, 0.25) is 0 Å². The number of hydrogen-bond acceptors (Lipinski definition) is 7. The van der Waals surface area contributed by atoms with Gasteiger partial charge in [-0.25, -0.2) is 4.98 Å². The monoisotopic (exact) mass is 560 g/mol. The van der Waals surface area contributed by atoms with Crippen LogP contribution in [0.1, 0.15) is 70.1 Å². The quantitative estimate of drug-likeness (QED) is 0.270. The molecule has 1 aromatic carbocycles. The standard InChI is InChI=1S/C34H48N4O3/c1-23(2)38-17-12-25(13-18-38)20-26-9-10-27-33(35-26)28-21-31(39-4)32(40-19-7-16-37-14-5-6-15-37)22-29(28)36-34(27)30-11-8-24(3)41-30/h8,11,21-23,25-26,35H,5-7,9-10,12-20H2,1-4H3. The van der Waals surface area contributed by atoms with Gasteiger partial charge in [0.15, 0.2) is 17.3 Å². The highest BCUT2D eigenvalue weighted by molar-refractivity contribution is 5.98. The number of ether oxygens (including phenoxy) is 2. The van der Waals surface area contributed by atoms with Crippen molar-refractivity contribution in [1.29, 1.82) is 0 Å². The number of nitrogens with one attached hydrogen (secondary N) is 1. The van der Waals surface area contributed by atoms with Crippen LogP contribution in [0.3, 0.4) is 0 Å². The zero-order chi connectivity index (χ0) is 28.3. The number of aryl methyl sites for hydroxylation is 1. The van der Waals surface area contributed by atoms with E-state index in [4.69, 9.17) is 18.9 Å². The zero-order valence-corrected chi connectivity index (χ0v) is 25.5. The highest BCUT2D eigenvalue weighted by Crippen LogP contribution is 2.43. The molecule has 3 aliphatic rings. The molecule has 3 aliphatic heterocycles. The lowest BCUT2D eigenvalue weighted by molar-refractivity contribution is 0.142. The average Bonchev–Trinajstić information content (AvgIpc) is 3.66. The second-order valence-electron chi connectivity index (χ2n) is 12.7. The van der Waals surface area contributed by atoms with E-state index in [0.717, 1.165) is 71.3 Å². The molecule has 3 aromatic rings. The summed E-state index contributed by atoms with van der Waals surface area (Å²) in [6.45, 7) is 13.3. The Hall–Kier alpha value is -2.77. The Bertz CT molecular complexity index is 1320. The number of benzene rings is 1. The maximum absolute atomic E-state index is 6.30. The molecular formula is C34H48N4O3. The maximum atomic E-state index is 6.30. The molecule has 0 aliphatic carbocycles. The summed E-state index contributed by atoms with van der Waals surface area (Å²) < 4.78 is 18.3. The Labute approximate surface area is 245 Å². The smallest absolute Gasteiger partial charge is 0.163 e. The van der Waals surface area contributed by atoms with Gasteiger partial charge in [-0.3, -0.25) is 0 Å². The topological polar surface area (TPSA) is 63.0 Å². The van der Waals surface area contributed by atoms with Crippen LogP contribution < -0.4 is 14.8 Å². The first kappa shape index (κ1) is 28.4. The molecule has 0 amide bonds. The first-order valence-corrected chi connectivity index (χ1v) is 16.0. The summed E-state index contributed by atoms with van der Waals surface area (Å²) in [6.07, 6.45) is 9.57. The second-order valence-corrected chi connectivity index (χ2v) is 12.7. The predicted molar refractivity (Wildman–Crippen MR) is 166 cm³/mol. The molecule has 1 N–H and O–H groups in total. The van der Waals surface area contributed by atoms with Crippen molar-refractivity contribution in [2.24, 2.45) is 5.92 Å². The van der Waals surface area contributed by atoms with Crippen molar-refractivity contribution in [2.75, 3.05) is 51.8 Å². The number of aromatic nitrogens is 1. The Morgan fingerprint density at radius 2 is 1.85 bits per heavy atom. The van der Waals surface area contributed by atoms with Crippen LogP contribution in [0.2, 0.25) is 0 Å². The first-order valence-electron chi connectivity index (χ1n) is 16.0. The molecule has 2 saturated heterocycles. The van der Waals surface area contributed by atoms with Gasteiger partial charge in [-0.2, -0.15) is 0 Å². The lowest BCUT2D eigenvalue weighted by atomic mass is 9.85. The Morgan fingerprint density at radius 1 is 1.05 bits per heavy atom. The van der Waals surface area contributed by atoms with E-state index >= 15 is 0 Å². The van der Waals surface area contributed by atoms with Crippen LogP contribution in [-0.2, 0) is 6.42 Å². The molecule has 1 unspecified atom stereocenters. The number of pyridine rings is 1. The minimum absolute atomic E-state index is 0.461. The Morgan fingerprint density at radius 3 is 2.56 bits per heavy atom. The van der Waals surface area contributed by atoms with Crippen LogP contribution in [0.4, 0.5) is 5.69 Å². The van der Waals surface area contributed by atoms with Crippen molar-refractivity contribution in [1.82, 2.24) is 14.8 Å². The van der Waals surface area contributed by atoms with E-state index in [2.05, 4.69) is 47.2 Å². The van der Waals surface area contributed by atoms with E-state index < -0.39 is 0 Å². The van der Waals surface area contributed by atoms with Gasteiger partial charge in [-0.05, 0) is 122 Å². The molecule has 1 atom stereocenters. The van der Waals surface area contributed by atoms with Crippen molar-refractivity contribution >= 4 is 16.6 Å². The van der Waals surface area contributed by atoms with Gasteiger partial charge in [-0.15, -0.1) is 0 Å². The van der Waals surface area contributed by atoms with Gasteiger partial charge >= 0.3 is 0 Å². The third kappa shape index (κ3) is 6.36. The van der Waals surface area contributed by atoms with E-state index in [9.17, 15) is 0 Å². The molecule has 2 fully saturated rings. The predicted octanol–water partition coefficient (Wildman–Crippen LogP) is 6.91. The van der Waals surface area contributed by atoms with Crippen LogP contribution in [-0.4, -0.2) is 73.3 Å². The molecule has 7 heteroatoms. The number of methoxy groups -OCH3 is 1. The molecule has 41 heavy (non-hydrogen) atoms. The summed E-state index contributed by atoms with van der Waals surface area (Å²) >= 11 is 0. The van der Waals surface area contributed by atoms with E-state index in [-0.39, 0.29) is 0 Å². The normalized spacial score (nSPS) is 20.5. The van der Waals surface area contributed by atoms with Crippen LogP contribution in [0.15, 0.2) is 28.7 Å². The number of anilines is 1. The fourth-order valence-electron chi connectivity index (χ4n) is 7.11. The minimum atomic E-state index is 0.461. The highest BCUT2D eigenvalue weighted by atomic mass is 16.5. The number of rotatable bonds is 10. The van der Waals surface area contributed by atoms with Crippen molar-refractivity contribution in [2.45, 2.75) is 84.2 Å². The van der Waals surface area contributed by atoms with Gasteiger partial charge in [0.05, 0.1) is 19.2 Å². The molecule has 6 rings (SSSR count). The number of nitrogens with zero attached hydrogens (tertiary/aromatic N) is 3. The van der Waals surface area contributed by atoms with E-state index in [1.54, 1.807) is 7.11 Å². The average molecular weight is 561 g/mol. The summed E-state index contributed by atoms with van der Waals surface area (Å²) in [5, 5.41) is 5.10. The lowest BCUT2D eigenvalue weighted by Crippen LogP contribution is -2.40. The lowest BCUT2D eigenvalue weighted by Gasteiger charge is -2.37. The summed E-state index contributed by atoms with van der Waals surface area (Å²) in [5.41, 5.74) is 4.30. The summed E-state index contributed by atoms with van der Waals surface area (Å²) in [7, 11) is 1.73. The molecule has 5 heterocycles. The molecule has 2 aromatic heterocycles. The largest absolute Gasteiger partial charge is 0.493 e. The fourth-order valence-corrected chi connectivity index (χ4v) is 7.11. The first-order chi connectivity index (χ1) is 20.0. The SMILES string of the molecule is COc1cc2c3c(c(-c4ccc(C)o4)nc2cc1OCCCN1CCCC1)CCC(CC1CCN(C(C)C)CC1)N3. The number of likely N-dealkylation sites (tertiary alicyclic amines) is 2. The summed E-state index contributed by atoms with van der Waals surface area (Å²) in [4.78, 5) is 10.3. The fraction of sp³-hybridized carbons (Fsp3) is 0.618. The number of piperidine rings is 1. The third-order valence-corrected chi connectivity index (χ3v) is 9.51. The third-order valence-electron chi connectivity index (χ3n) is 9.51. The van der Waals surface area contributed by atoms with Crippen LogP contribution in [0.5, 0.6) is 11.5 Å². The highest BCUT2D eigenvalue weighted by Gasteiger charge is 2.29. The number of hydrogen-bond donors (Lipinski definition) is 1. The van der Waals surface area contributed by atoms with Gasteiger partial charge in [0.1, 0.15) is 11.5 Å². The molecule has 0 saturated carbocycles. The minimum Gasteiger partial charge on any atom is -0.493 e. The van der Waals surface area contributed by atoms with Gasteiger partial charge in [-0.1, -0.05) is 0 Å². The molecule has 222 valence electrons. The van der Waals surface area contributed by atoms with Crippen molar-refractivity contribution < 1.29 is 13.9 Å². The molecule has 0 bridgehead atoms. The van der Waals surface area contributed by atoms with Gasteiger partial charge in [0.25, 0.3) is 0 Å². The van der Waals surface area contributed by atoms with Crippen LogP contribution >= 0.6 is 0 Å². The summed E-state index contributed by atoms with van der Waals surface area (Å²) in [6, 6.07) is 9.38. The van der Waals surface area contributed by atoms with Crippen LogP contribution in [0, 0.1) is 12.8 Å². The van der Waals surface area contributed by atoms with Crippen molar-refractivity contribution in [3.8, 4) is 23.0 Å². The molecule has 7 nitrogen and oxygen atoms in total. The molecular weight excluding hydrogens is 512 g/mol. The number of furan rings is 1. The van der Waals surface area contributed by atoms with E-state index in [1.165, 1.54) is 69.5 Å². The number of fused-ring (bicyclic) bond motifs is 3. The summed E-state index contributed by atoms with van der Waals surface area (Å²) in [5.74, 6) is 4.06. The van der Waals surface area contributed by atoms with Crippen molar-refractivity contribution in [3.05, 3.63) is 35.6 Å². The Kier molecular flexibility index (Phi) is 8.73. The Balaban J connectivity index is 1.26. The van der Waals surface area contributed by atoms with Gasteiger partial charge in [0, 0.05) is 41.3 Å². The zero-order valence-electron chi connectivity index (χ0n) is 25.5. The molecule has 0 radical (unpaired) electrons. The second kappa shape index (κ2) is 12.6. The maximum Gasteiger partial charge on any atom is 0.163 e.